The molecule has 6 amide bonds. The van der Waals surface area contributed by atoms with Gasteiger partial charge >= 0.3 is 0 Å². The summed E-state index contributed by atoms with van der Waals surface area (Å²) in [7, 11) is 5.12. The number of rotatable bonds is 27. The van der Waals surface area contributed by atoms with Crippen LogP contribution in [0.2, 0.25) is 0 Å². The van der Waals surface area contributed by atoms with E-state index in [1.807, 2.05) is 91.9 Å². The lowest BCUT2D eigenvalue weighted by Crippen LogP contribution is -2.25. The Kier molecular flexibility index (Phi) is 30.6. The number of hydrogen-bond acceptors (Lipinski definition) is 16. The largest absolute Gasteiger partial charge is 0.494 e. The number of amides is 6. The zero-order valence-electron chi connectivity index (χ0n) is 69.5. The molecule has 9 aromatic rings. The van der Waals surface area contributed by atoms with Crippen LogP contribution in [0, 0.1) is 17.8 Å². The van der Waals surface area contributed by atoms with Gasteiger partial charge in [0, 0.05) is 72.7 Å². The number of aryl methyl sites for hydroxylation is 1. The van der Waals surface area contributed by atoms with Crippen LogP contribution in [0.1, 0.15) is 259 Å². The number of aromatic nitrogens is 6. The summed E-state index contributed by atoms with van der Waals surface area (Å²) in [6.45, 7) is 39.9. The molecule has 0 saturated carbocycles. The quantitative estimate of drug-likeness (QED) is 0.0216. The molecule has 3 heterocycles. The summed E-state index contributed by atoms with van der Waals surface area (Å²) in [6, 6.07) is 49.3. The molecule has 0 bridgehead atoms. The van der Waals surface area contributed by atoms with E-state index in [1.165, 1.54) is 43.2 Å². The molecule has 0 saturated heterocycles. The van der Waals surface area contributed by atoms with Crippen LogP contribution in [0.25, 0.3) is 0 Å². The van der Waals surface area contributed by atoms with Gasteiger partial charge in [-0.25, -0.2) is 0 Å². The highest BCUT2D eigenvalue weighted by Crippen LogP contribution is 2.38. The van der Waals surface area contributed by atoms with Crippen molar-refractivity contribution in [2.45, 2.75) is 198 Å². The van der Waals surface area contributed by atoms with Crippen molar-refractivity contribution in [3.05, 3.63) is 225 Å². The average molecular weight is 1520 g/mol. The van der Waals surface area contributed by atoms with Gasteiger partial charge in [0.2, 0.25) is 17.8 Å². The maximum absolute atomic E-state index is 13.1. The van der Waals surface area contributed by atoms with E-state index in [9.17, 15) is 28.8 Å². The van der Waals surface area contributed by atoms with E-state index < -0.39 is 0 Å². The first kappa shape index (κ1) is 87.8. The number of hydrogen-bond donors (Lipinski definition) is 9. The molecule has 22 nitrogen and oxygen atoms in total. The van der Waals surface area contributed by atoms with Crippen molar-refractivity contribution in [3.8, 4) is 5.75 Å². The van der Waals surface area contributed by atoms with Crippen molar-refractivity contribution in [1.29, 1.82) is 0 Å². The molecule has 0 atom stereocenters. The van der Waals surface area contributed by atoms with Gasteiger partial charge in [0.25, 0.3) is 35.4 Å². The van der Waals surface area contributed by atoms with Crippen molar-refractivity contribution >= 4 is 88.2 Å². The molecular weight excluding hydrogens is 1400 g/mol. The van der Waals surface area contributed by atoms with Crippen LogP contribution < -0.4 is 52.6 Å². The van der Waals surface area contributed by atoms with Crippen molar-refractivity contribution in [2.75, 3.05) is 75.6 Å². The standard InChI is InChI=1S/C35H49N5O2.C28H35N5O3.C27H33N5O2/c1-32(2,3)21-34(7,8)25-16-12-23(13-17-25)29(41)37-28-20-27(36-11)38-31(39-28)40-30(42)24-14-18-26(19-15-24)35(9,10)22-33(4,5)6;1-4-5-6-7-8-9-18-36-23-16-14-22(15-17-23)27(35)33-28-31-24(29-3)19-25(32-28)30-26(34)21-12-10-20(2)11-13-21;1-26(2,3)19-12-8-17(9-13-19)23(33)29-22-16-21(28-7)30-25(31-22)32-24(34)18-10-14-20(15-11-18)27(4,5)6/h12-20H,21-22H2,1-11H3,(H3,36,37,38,39,40,41,42);10-17,19H,4-9,18H2,1-3H3,(H3,29,30,31,32,33,34,35);8-16H,1-7H3,(H3,28,29,30,31,32,33,34). The molecule has 0 aliphatic carbocycles. The van der Waals surface area contributed by atoms with Gasteiger partial charge < -0.3 is 36.6 Å². The number of ether oxygens (including phenoxy) is 1. The Morgan fingerprint density at radius 2 is 0.562 bits per heavy atom. The number of anilines is 9. The topological polar surface area (TPSA) is 297 Å². The number of nitrogens with one attached hydrogen (secondary N) is 9. The third-order valence-electron chi connectivity index (χ3n) is 18.4. The highest BCUT2D eigenvalue weighted by atomic mass is 16.5. The van der Waals surface area contributed by atoms with Crippen LogP contribution in [0.3, 0.4) is 0 Å². The van der Waals surface area contributed by atoms with E-state index in [0.717, 1.165) is 41.7 Å². The third kappa shape index (κ3) is 27.9. The van der Waals surface area contributed by atoms with Gasteiger partial charge in [0.05, 0.1) is 6.61 Å². The lowest BCUT2D eigenvalue weighted by Gasteiger charge is -2.33. The minimum Gasteiger partial charge on any atom is -0.494 e. The molecule has 0 aliphatic heterocycles. The molecule has 594 valence electrons. The van der Waals surface area contributed by atoms with E-state index >= 15 is 0 Å². The summed E-state index contributed by atoms with van der Waals surface area (Å²) < 4.78 is 5.79. The monoisotopic (exact) mass is 1520 g/mol. The number of benzene rings is 6. The average Bonchev–Trinajstić information content (AvgIpc) is 0.798. The summed E-state index contributed by atoms with van der Waals surface area (Å²) in [6.07, 6.45) is 9.28. The summed E-state index contributed by atoms with van der Waals surface area (Å²) in [4.78, 5) is 103. The van der Waals surface area contributed by atoms with Gasteiger partial charge in [-0.05, 0) is 166 Å². The fraction of sp³-hybridized carbons (Fsp3) is 0.400. The molecule has 6 aromatic carbocycles. The Labute approximate surface area is 663 Å². The predicted molar refractivity (Wildman–Crippen MR) is 456 cm³/mol. The normalized spacial score (nSPS) is 11.6. The minimum atomic E-state index is -0.360. The second-order valence-electron chi connectivity index (χ2n) is 33.9. The molecule has 22 heteroatoms. The fourth-order valence-electron chi connectivity index (χ4n) is 12.9. The minimum absolute atomic E-state index is 0.000577. The van der Waals surface area contributed by atoms with Gasteiger partial charge in [-0.3, -0.25) is 44.7 Å². The van der Waals surface area contributed by atoms with E-state index in [-0.39, 0.29) is 103 Å². The van der Waals surface area contributed by atoms with Gasteiger partial charge in [-0.15, -0.1) is 0 Å². The van der Waals surface area contributed by atoms with E-state index in [0.29, 0.717) is 57.4 Å². The van der Waals surface area contributed by atoms with Gasteiger partial charge in [-0.2, -0.15) is 29.9 Å². The van der Waals surface area contributed by atoms with Crippen LogP contribution in [0.5, 0.6) is 5.75 Å². The Balaban J connectivity index is 0.000000235. The van der Waals surface area contributed by atoms with Gasteiger partial charge in [0.15, 0.2) is 0 Å². The first-order valence-corrected chi connectivity index (χ1v) is 38.4. The summed E-state index contributed by atoms with van der Waals surface area (Å²) in [5.74, 6) is 1.32. The smallest absolute Gasteiger partial charge is 0.258 e. The number of carbonyl (C=O) groups excluding carboxylic acids is 6. The van der Waals surface area contributed by atoms with Gasteiger partial charge in [-0.1, -0.05) is 216 Å². The highest BCUT2D eigenvalue weighted by molar-refractivity contribution is 6.08. The lowest BCUT2D eigenvalue weighted by molar-refractivity contribution is 0.101. The first-order chi connectivity index (χ1) is 52.6. The van der Waals surface area contributed by atoms with Crippen LogP contribution in [0.15, 0.2) is 164 Å². The fourth-order valence-corrected chi connectivity index (χ4v) is 12.9. The third-order valence-corrected chi connectivity index (χ3v) is 18.4. The molecular formula is C90H117N15O7. The molecule has 9 N–H and O–H groups in total. The number of unbranched alkanes of at least 4 members (excludes halogenated alkanes) is 5. The van der Waals surface area contributed by atoms with Crippen molar-refractivity contribution in [1.82, 2.24) is 29.9 Å². The van der Waals surface area contributed by atoms with Crippen molar-refractivity contribution < 1.29 is 33.5 Å². The molecule has 0 radical (unpaired) electrons. The predicted octanol–water partition coefficient (Wildman–Crippen LogP) is 20.1. The van der Waals surface area contributed by atoms with E-state index in [2.05, 4.69) is 195 Å². The molecule has 3 aromatic heterocycles. The summed E-state index contributed by atoms with van der Waals surface area (Å²) in [5.41, 5.74) is 9.05. The Morgan fingerprint density at radius 3 is 0.839 bits per heavy atom. The zero-order chi connectivity index (χ0) is 82.4. The molecule has 0 spiro atoms. The number of carbonyl (C=O) groups is 6. The van der Waals surface area contributed by atoms with Crippen LogP contribution in [-0.2, 0) is 21.7 Å². The molecule has 0 unspecified atom stereocenters. The second-order valence-corrected chi connectivity index (χ2v) is 33.9. The molecule has 112 heavy (non-hydrogen) atoms. The summed E-state index contributed by atoms with van der Waals surface area (Å²) >= 11 is 0. The summed E-state index contributed by atoms with van der Waals surface area (Å²) in [5, 5.41) is 25.4. The van der Waals surface area contributed by atoms with Crippen LogP contribution in [-0.4, -0.2) is 93.1 Å². The molecule has 9 rings (SSSR count). The second kappa shape index (κ2) is 39.0. The highest BCUT2D eigenvalue weighted by Gasteiger charge is 2.30. The SMILES string of the molecule is CCCCCCCCOc1ccc(C(=O)Nc2nc(NC)cc(NC(=O)c3ccc(C)cc3)n2)cc1.CNc1cc(NC(=O)c2ccc(C(C)(C)C)cc2)nc(NC(=O)c2ccc(C(C)(C)C)cc2)n1.CNc1cc(NC(=O)c2ccc(C(C)(C)CC(C)(C)C)cc2)nc(NC(=O)c2ccc(C(C)(C)CC(C)(C)C)cc2)n1. The first-order valence-electron chi connectivity index (χ1n) is 38.4. The van der Waals surface area contributed by atoms with Gasteiger partial charge in [0.1, 0.15) is 40.7 Å². The molecule has 0 fully saturated rings. The maximum atomic E-state index is 13.1. The Morgan fingerprint density at radius 1 is 0.312 bits per heavy atom. The lowest BCUT2D eigenvalue weighted by atomic mass is 9.72. The maximum Gasteiger partial charge on any atom is 0.258 e. The number of nitrogens with zero attached hydrogens (tertiary/aromatic N) is 6. The zero-order valence-corrected chi connectivity index (χ0v) is 69.5. The van der Waals surface area contributed by atoms with Crippen molar-refractivity contribution in [3.63, 3.8) is 0 Å². The molecule has 0 aliphatic rings. The van der Waals surface area contributed by atoms with Crippen LogP contribution in [0.4, 0.5) is 52.8 Å². The Bertz CT molecular complexity index is 4440. The van der Waals surface area contributed by atoms with E-state index in [1.54, 1.807) is 100 Å². The van der Waals surface area contributed by atoms with Crippen LogP contribution >= 0.6 is 0 Å². The Hall–Kier alpha value is -11.4. The van der Waals surface area contributed by atoms with Crippen molar-refractivity contribution in [2.24, 2.45) is 10.8 Å². The van der Waals surface area contributed by atoms with E-state index in [4.69, 9.17) is 4.74 Å².